The number of carbonyl (C=O) groups is 2. The number of fused-ring (bicyclic) bond motifs is 1. The van der Waals surface area contributed by atoms with Crippen molar-refractivity contribution < 1.29 is 14.7 Å². The van der Waals surface area contributed by atoms with Gasteiger partial charge in [0.25, 0.3) is 5.91 Å². The second kappa shape index (κ2) is 9.49. The zero-order valence-electron chi connectivity index (χ0n) is 20.7. The largest absolute Gasteiger partial charge is 0.394 e. The van der Waals surface area contributed by atoms with Gasteiger partial charge in [0.2, 0.25) is 5.91 Å². The number of aromatic nitrogens is 4. The van der Waals surface area contributed by atoms with E-state index in [2.05, 4.69) is 33.6 Å². The van der Waals surface area contributed by atoms with E-state index in [1.165, 1.54) is 10.9 Å². The van der Waals surface area contributed by atoms with Crippen molar-refractivity contribution in [2.24, 2.45) is 17.8 Å². The molecule has 2 amide bonds. The first-order valence-corrected chi connectivity index (χ1v) is 13.1. The SMILES string of the molecule is C[C@@H]1[C@@H]2CN(c3ccc([C@H](CO)n4cc(C(=O)NC5CC(c6cc(Cl)ccc6C#N)C5)nn4)cn3)C(=O)[C@H]12. The third kappa shape index (κ3) is 4.22. The minimum atomic E-state index is -0.575. The van der Waals surface area contributed by atoms with Crippen LogP contribution in [0, 0.1) is 29.1 Å². The van der Waals surface area contributed by atoms with Crippen molar-refractivity contribution in [3.63, 3.8) is 0 Å². The number of piperidine rings is 1. The van der Waals surface area contributed by atoms with Crippen LogP contribution in [0.3, 0.4) is 0 Å². The molecule has 194 valence electrons. The molecule has 10 nitrogen and oxygen atoms in total. The second-order valence-electron chi connectivity index (χ2n) is 10.4. The Morgan fingerprint density at radius 1 is 1.32 bits per heavy atom. The van der Waals surface area contributed by atoms with E-state index in [0.717, 1.165) is 5.56 Å². The number of pyridine rings is 1. The smallest absolute Gasteiger partial charge is 0.273 e. The van der Waals surface area contributed by atoms with Gasteiger partial charge in [-0.25, -0.2) is 9.67 Å². The van der Waals surface area contributed by atoms with Crippen LogP contribution < -0.4 is 10.2 Å². The summed E-state index contributed by atoms with van der Waals surface area (Å²) in [6.07, 6.45) is 4.53. The third-order valence-electron chi connectivity index (χ3n) is 8.22. The van der Waals surface area contributed by atoms with E-state index in [9.17, 15) is 20.0 Å². The summed E-state index contributed by atoms with van der Waals surface area (Å²) in [7, 11) is 0. The van der Waals surface area contributed by atoms with Crippen LogP contribution in [0.1, 0.15) is 58.9 Å². The van der Waals surface area contributed by atoms with E-state index in [-0.39, 0.29) is 42.0 Å². The number of rotatable bonds is 7. The Balaban J connectivity index is 1.08. The summed E-state index contributed by atoms with van der Waals surface area (Å²) in [5, 5.41) is 31.0. The minimum Gasteiger partial charge on any atom is -0.394 e. The normalized spacial score (nSPS) is 26.3. The van der Waals surface area contributed by atoms with Crippen LogP contribution in [0.25, 0.3) is 0 Å². The lowest BCUT2D eigenvalue weighted by atomic mass is 9.74. The Morgan fingerprint density at radius 3 is 2.79 bits per heavy atom. The summed E-state index contributed by atoms with van der Waals surface area (Å²) in [5.74, 6) is 1.54. The van der Waals surface area contributed by atoms with Crippen LogP contribution in [-0.4, -0.2) is 56.1 Å². The fourth-order valence-electron chi connectivity index (χ4n) is 5.77. The molecule has 4 atom stereocenters. The van der Waals surface area contributed by atoms with E-state index >= 15 is 0 Å². The standard InChI is InChI=1S/C27H26ClN7O3/c1-14-21-11-34(27(38)25(14)21)24-5-3-16(10-30-24)23(13-36)35-12-22(32-33-35)26(37)31-19-6-17(7-19)20-8-18(28)4-2-15(20)9-29/h2-5,8,10,12,14,17,19,21,23,25,36H,6-7,11,13H2,1H3,(H,31,37)/t14-,17?,19?,21+,23+,25-/m1/s1. The molecular formula is C27H26ClN7O3. The number of nitrogens with one attached hydrogen (secondary N) is 1. The first-order chi connectivity index (χ1) is 18.4. The number of amides is 2. The molecular weight excluding hydrogens is 506 g/mol. The number of aliphatic hydroxyl groups excluding tert-OH is 1. The maximum atomic E-state index is 12.8. The summed E-state index contributed by atoms with van der Waals surface area (Å²) >= 11 is 6.10. The molecule has 11 heteroatoms. The first-order valence-electron chi connectivity index (χ1n) is 12.7. The predicted molar refractivity (Wildman–Crippen MR) is 137 cm³/mol. The number of benzene rings is 1. The van der Waals surface area contributed by atoms with Crippen LogP contribution in [0.15, 0.2) is 42.7 Å². The molecule has 0 spiro atoms. The summed E-state index contributed by atoms with van der Waals surface area (Å²) in [4.78, 5) is 31.5. The number of halogens is 1. The van der Waals surface area contributed by atoms with Crippen LogP contribution in [0.5, 0.6) is 0 Å². The highest BCUT2D eigenvalue weighted by Gasteiger charge is 2.59. The lowest BCUT2D eigenvalue weighted by molar-refractivity contribution is -0.119. The van der Waals surface area contributed by atoms with E-state index in [1.54, 1.807) is 29.3 Å². The Kier molecular flexibility index (Phi) is 6.13. The Bertz CT molecular complexity index is 1440. The molecule has 1 aromatic carbocycles. The van der Waals surface area contributed by atoms with Crippen molar-refractivity contribution in [3.8, 4) is 6.07 Å². The summed E-state index contributed by atoms with van der Waals surface area (Å²) in [6, 6.07) is 10.4. The molecule has 0 bridgehead atoms. The fourth-order valence-corrected chi connectivity index (χ4v) is 5.95. The Morgan fingerprint density at radius 2 is 2.13 bits per heavy atom. The van der Waals surface area contributed by atoms with Crippen molar-refractivity contribution in [3.05, 3.63) is 70.1 Å². The Hall–Kier alpha value is -3.81. The summed E-state index contributed by atoms with van der Waals surface area (Å²) < 4.78 is 1.44. The highest BCUT2D eigenvalue weighted by atomic mass is 35.5. The van der Waals surface area contributed by atoms with Crippen LogP contribution in [0.4, 0.5) is 5.82 Å². The van der Waals surface area contributed by atoms with Crippen LogP contribution in [0.2, 0.25) is 5.02 Å². The molecule has 6 rings (SSSR count). The van der Waals surface area contributed by atoms with Gasteiger partial charge in [-0.15, -0.1) is 5.10 Å². The van der Waals surface area contributed by atoms with E-state index in [1.807, 2.05) is 12.1 Å². The van der Waals surface area contributed by atoms with Crippen molar-refractivity contribution in [1.29, 1.82) is 5.26 Å². The van der Waals surface area contributed by atoms with Gasteiger partial charge in [0, 0.05) is 29.7 Å². The highest BCUT2D eigenvalue weighted by Crippen LogP contribution is 2.52. The van der Waals surface area contributed by atoms with E-state index in [4.69, 9.17) is 11.6 Å². The predicted octanol–water partition coefficient (Wildman–Crippen LogP) is 2.68. The number of anilines is 1. The molecule has 3 fully saturated rings. The number of nitrogens with zero attached hydrogens (tertiary/aromatic N) is 6. The van der Waals surface area contributed by atoms with Gasteiger partial charge in [-0.1, -0.05) is 29.8 Å². The maximum absolute atomic E-state index is 12.8. The number of hydrogen-bond donors (Lipinski definition) is 2. The molecule has 1 aliphatic heterocycles. The molecule has 1 saturated heterocycles. The molecule has 0 unspecified atom stereocenters. The topological polar surface area (TPSA) is 137 Å². The van der Waals surface area contributed by atoms with E-state index in [0.29, 0.717) is 53.2 Å². The van der Waals surface area contributed by atoms with Crippen molar-refractivity contribution >= 4 is 29.2 Å². The van der Waals surface area contributed by atoms with Crippen molar-refractivity contribution in [2.45, 2.75) is 37.8 Å². The molecule has 3 aliphatic rings. The molecule has 2 aliphatic carbocycles. The molecule has 2 N–H and O–H groups in total. The third-order valence-corrected chi connectivity index (χ3v) is 8.46. The quantitative estimate of drug-likeness (QED) is 0.478. The number of hydrogen-bond acceptors (Lipinski definition) is 7. The van der Waals surface area contributed by atoms with Gasteiger partial charge in [0.15, 0.2) is 5.69 Å². The summed E-state index contributed by atoms with van der Waals surface area (Å²) in [6.45, 7) is 2.54. The number of nitriles is 1. The molecule has 2 aromatic heterocycles. The average Bonchev–Trinajstić information content (AvgIpc) is 3.21. The Labute approximate surface area is 224 Å². The monoisotopic (exact) mass is 531 g/mol. The van der Waals surface area contributed by atoms with Gasteiger partial charge in [0.05, 0.1) is 24.4 Å². The zero-order chi connectivity index (χ0) is 26.6. The summed E-state index contributed by atoms with van der Waals surface area (Å²) in [5.41, 5.74) is 2.34. The van der Waals surface area contributed by atoms with Gasteiger partial charge in [-0.3, -0.25) is 14.5 Å². The van der Waals surface area contributed by atoms with E-state index < -0.39 is 6.04 Å². The number of aliphatic hydroxyl groups is 1. The molecule has 3 aromatic rings. The highest BCUT2D eigenvalue weighted by molar-refractivity contribution is 6.30. The van der Waals surface area contributed by atoms with Gasteiger partial charge >= 0.3 is 0 Å². The van der Waals surface area contributed by atoms with Gasteiger partial charge in [-0.2, -0.15) is 5.26 Å². The van der Waals surface area contributed by atoms with Crippen molar-refractivity contribution in [2.75, 3.05) is 18.1 Å². The maximum Gasteiger partial charge on any atom is 0.273 e. The van der Waals surface area contributed by atoms with Crippen LogP contribution in [-0.2, 0) is 4.79 Å². The lowest BCUT2D eigenvalue weighted by Crippen LogP contribution is -2.43. The molecule has 2 saturated carbocycles. The minimum absolute atomic E-state index is 0.0455. The fraction of sp³-hybridized carbons (Fsp3) is 0.407. The molecule has 3 heterocycles. The average molecular weight is 532 g/mol. The van der Waals surface area contributed by atoms with Crippen LogP contribution >= 0.6 is 11.6 Å². The molecule has 0 radical (unpaired) electrons. The van der Waals surface area contributed by atoms with Gasteiger partial charge in [0.1, 0.15) is 11.9 Å². The molecule has 38 heavy (non-hydrogen) atoms. The first kappa shape index (κ1) is 24.5. The lowest BCUT2D eigenvalue weighted by Gasteiger charge is -2.36. The number of carbonyl (C=O) groups excluding carboxylic acids is 2. The second-order valence-corrected chi connectivity index (χ2v) is 10.8. The van der Waals surface area contributed by atoms with Crippen molar-refractivity contribution in [1.82, 2.24) is 25.3 Å². The zero-order valence-corrected chi connectivity index (χ0v) is 21.4. The van der Waals surface area contributed by atoms with Gasteiger partial charge in [-0.05, 0) is 66.0 Å². The van der Waals surface area contributed by atoms with Gasteiger partial charge < -0.3 is 10.4 Å².